The van der Waals surface area contributed by atoms with Gasteiger partial charge in [0.2, 0.25) is 0 Å². The lowest BCUT2D eigenvalue weighted by Crippen LogP contribution is -2.18. The molecule has 2 aromatic carbocycles. The fourth-order valence-electron chi connectivity index (χ4n) is 2.30. The summed E-state index contributed by atoms with van der Waals surface area (Å²) in [4.78, 5) is 0. The van der Waals surface area contributed by atoms with Crippen molar-refractivity contribution >= 4 is 21.6 Å². The lowest BCUT2D eigenvalue weighted by molar-refractivity contribution is 0.352. The molecule has 2 heteroatoms. The monoisotopic (exact) mass is 331 g/mol. The van der Waals surface area contributed by atoms with E-state index in [0.29, 0.717) is 6.04 Å². The van der Waals surface area contributed by atoms with E-state index in [4.69, 9.17) is 0 Å². The molecule has 2 aromatic rings. The van der Waals surface area contributed by atoms with Gasteiger partial charge < -0.3 is 5.32 Å². The van der Waals surface area contributed by atoms with E-state index < -0.39 is 0 Å². The van der Waals surface area contributed by atoms with E-state index in [2.05, 4.69) is 96.6 Å². The Bertz CT molecular complexity index is 526. The molecule has 0 aromatic heterocycles. The first kappa shape index (κ1) is 15.1. The largest absolute Gasteiger partial charge is 0.378 e. The Kier molecular flexibility index (Phi) is 4.87. The summed E-state index contributed by atoms with van der Waals surface area (Å²) in [7, 11) is 0. The van der Waals surface area contributed by atoms with Crippen molar-refractivity contribution in [1.29, 1.82) is 0 Å². The second-order valence-corrected chi connectivity index (χ2v) is 7.29. The zero-order chi connectivity index (χ0) is 14.6. The summed E-state index contributed by atoms with van der Waals surface area (Å²) < 4.78 is 1.11. The average molecular weight is 332 g/mol. The van der Waals surface area contributed by atoms with E-state index in [1.54, 1.807) is 0 Å². The molecule has 2 rings (SSSR count). The van der Waals surface area contributed by atoms with Crippen molar-refractivity contribution in [2.24, 2.45) is 5.41 Å². The Morgan fingerprint density at radius 3 is 2.10 bits per heavy atom. The smallest absolute Gasteiger partial charge is 0.0518 e. The van der Waals surface area contributed by atoms with Crippen molar-refractivity contribution in [3.05, 3.63) is 64.6 Å². The first-order valence-corrected chi connectivity index (χ1v) is 7.80. The first-order chi connectivity index (χ1) is 9.44. The Labute approximate surface area is 130 Å². The fourth-order valence-corrected chi connectivity index (χ4v) is 2.56. The van der Waals surface area contributed by atoms with E-state index in [9.17, 15) is 0 Å². The van der Waals surface area contributed by atoms with Crippen LogP contribution in [-0.4, -0.2) is 0 Å². The van der Waals surface area contributed by atoms with Crippen molar-refractivity contribution in [3.8, 4) is 0 Å². The molecule has 0 heterocycles. The lowest BCUT2D eigenvalue weighted by atomic mass is 9.85. The molecule has 1 N–H and O–H groups in total. The Hall–Kier alpha value is -1.28. The topological polar surface area (TPSA) is 12.0 Å². The second kappa shape index (κ2) is 6.45. The van der Waals surface area contributed by atoms with Crippen molar-refractivity contribution in [2.75, 3.05) is 5.32 Å². The van der Waals surface area contributed by atoms with Crippen LogP contribution in [0.4, 0.5) is 5.69 Å². The maximum absolute atomic E-state index is 3.66. The second-order valence-electron chi connectivity index (χ2n) is 6.38. The summed E-state index contributed by atoms with van der Waals surface area (Å²) in [5, 5.41) is 3.66. The predicted octanol–water partition coefficient (Wildman–Crippen LogP) is 6.04. The third-order valence-electron chi connectivity index (χ3n) is 3.20. The minimum atomic E-state index is 0.281. The van der Waals surface area contributed by atoms with E-state index in [1.807, 2.05) is 0 Å². The molecule has 1 atom stereocenters. The number of hydrogen-bond donors (Lipinski definition) is 1. The summed E-state index contributed by atoms with van der Waals surface area (Å²) in [6.45, 7) is 6.85. The summed E-state index contributed by atoms with van der Waals surface area (Å²) in [5.41, 5.74) is 2.78. The fraction of sp³-hybridized carbons (Fsp3) is 0.333. The van der Waals surface area contributed by atoms with Gasteiger partial charge in [-0.05, 0) is 41.7 Å². The van der Waals surface area contributed by atoms with Crippen molar-refractivity contribution in [3.63, 3.8) is 0 Å². The maximum atomic E-state index is 3.66. The van der Waals surface area contributed by atoms with Crippen LogP contribution in [0, 0.1) is 5.41 Å². The molecule has 0 aliphatic heterocycles. The summed E-state index contributed by atoms with van der Waals surface area (Å²) in [5.74, 6) is 0. The molecule has 1 unspecified atom stereocenters. The quantitative estimate of drug-likeness (QED) is 0.720. The molecule has 0 bridgehead atoms. The molecule has 0 spiro atoms. The third kappa shape index (κ3) is 4.68. The molecule has 0 saturated heterocycles. The van der Waals surface area contributed by atoms with Crippen LogP contribution in [0.15, 0.2) is 59.1 Å². The van der Waals surface area contributed by atoms with Crippen LogP contribution in [0.3, 0.4) is 0 Å². The van der Waals surface area contributed by atoms with Gasteiger partial charge in [-0.1, -0.05) is 67.0 Å². The SMILES string of the molecule is CC(C)(C)CC(Nc1ccc(Br)cc1)c1ccccc1. The average Bonchev–Trinajstić information content (AvgIpc) is 2.40. The molecule has 0 aliphatic carbocycles. The van der Waals surface area contributed by atoms with Crippen LogP contribution in [0.25, 0.3) is 0 Å². The lowest BCUT2D eigenvalue weighted by Gasteiger charge is -2.28. The highest BCUT2D eigenvalue weighted by Gasteiger charge is 2.20. The predicted molar refractivity (Wildman–Crippen MR) is 91.0 cm³/mol. The number of halogens is 1. The molecule has 1 nitrogen and oxygen atoms in total. The molecule has 0 aliphatic rings. The normalized spacial score (nSPS) is 13.0. The van der Waals surface area contributed by atoms with Gasteiger partial charge in [-0.2, -0.15) is 0 Å². The Morgan fingerprint density at radius 2 is 1.55 bits per heavy atom. The Balaban J connectivity index is 2.20. The van der Waals surface area contributed by atoms with Crippen LogP contribution in [0.5, 0.6) is 0 Å². The summed E-state index contributed by atoms with van der Waals surface area (Å²) >= 11 is 3.48. The number of nitrogens with one attached hydrogen (secondary N) is 1. The zero-order valence-electron chi connectivity index (χ0n) is 12.4. The highest BCUT2D eigenvalue weighted by atomic mass is 79.9. The standard InChI is InChI=1S/C18H22BrN/c1-18(2,3)13-17(14-7-5-4-6-8-14)20-16-11-9-15(19)10-12-16/h4-12,17,20H,13H2,1-3H3. The van der Waals surface area contributed by atoms with Crippen molar-refractivity contribution in [1.82, 2.24) is 0 Å². The third-order valence-corrected chi connectivity index (χ3v) is 3.73. The van der Waals surface area contributed by atoms with E-state index in [-0.39, 0.29) is 5.41 Å². The number of hydrogen-bond acceptors (Lipinski definition) is 1. The van der Waals surface area contributed by atoms with Gasteiger partial charge in [0.15, 0.2) is 0 Å². The van der Waals surface area contributed by atoms with Crippen LogP contribution in [0.2, 0.25) is 0 Å². The van der Waals surface area contributed by atoms with Crippen molar-refractivity contribution in [2.45, 2.75) is 33.2 Å². The van der Waals surface area contributed by atoms with Gasteiger partial charge in [0.1, 0.15) is 0 Å². The van der Waals surface area contributed by atoms with Crippen LogP contribution in [-0.2, 0) is 0 Å². The summed E-state index contributed by atoms with van der Waals surface area (Å²) in [6, 6.07) is 19.4. The van der Waals surface area contributed by atoms with E-state index in [0.717, 1.165) is 16.6 Å². The van der Waals surface area contributed by atoms with Crippen LogP contribution < -0.4 is 5.32 Å². The minimum Gasteiger partial charge on any atom is -0.378 e. The maximum Gasteiger partial charge on any atom is 0.0518 e. The van der Waals surface area contributed by atoms with Gasteiger partial charge >= 0.3 is 0 Å². The highest BCUT2D eigenvalue weighted by molar-refractivity contribution is 9.10. The first-order valence-electron chi connectivity index (χ1n) is 7.01. The molecule has 20 heavy (non-hydrogen) atoms. The molecular formula is C18H22BrN. The van der Waals surface area contributed by atoms with Gasteiger partial charge in [0, 0.05) is 10.2 Å². The number of benzene rings is 2. The molecule has 0 radical (unpaired) electrons. The zero-order valence-corrected chi connectivity index (χ0v) is 13.9. The summed E-state index contributed by atoms with van der Waals surface area (Å²) in [6.07, 6.45) is 1.09. The highest BCUT2D eigenvalue weighted by Crippen LogP contribution is 2.32. The van der Waals surface area contributed by atoms with Gasteiger partial charge in [0.05, 0.1) is 6.04 Å². The van der Waals surface area contributed by atoms with Gasteiger partial charge in [0.25, 0.3) is 0 Å². The van der Waals surface area contributed by atoms with Crippen molar-refractivity contribution < 1.29 is 0 Å². The minimum absolute atomic E-state index is 0.281. The number of rotatable bonds is 4. The van der Waals surface area contributed by atoms with Crippen LogP contribution in [0.1, 0.15) is 38.8 Å². The number of anilines is 1. The molecule has 0 amide bonds. The van der Waals surface area contributed by atoms with Crippen LogP contribution >= 0.6 is 15.9 Å². The van der Waals surface area contributed by atoms with E-state index in [1.165, 1.54) is 5.56 Å². The molecular weight excluding hydrogens is 310 g/mol. The Morgan fingerprint density at radius 1 is 0.950 bits per heavy atom. The molecule has 106 valence electrons. The molecule has 0 saturated carbocycles. The van der Waals surface area contributed by atoms with Gasteiger partial charge in [-0.3, -0.25) is 0 Å². The molecule has 0 fully saturated rings. The van der Waals surface area contributed by atoms with Gasteiger partial charge in [-0.25, -0.2) is 0 Å². The van der Waals surface area contributed by atoms with Gasteiger partial charge in [-0.15, -0.1) is 0 Å². The van der Waals surface area contributed by atoms with E-state index >= 15 is 0 Å².